The fourth-order valence-electron chi connectivity index (χ4n) is 6.25. The summed E-state index contributed by atoms with van der Waals surface area (Å²) < 4.78 is 5.27. The number of hydrogen-bond acceptors (Lipinski definition) is 4. The van der Waals surface area contributed by atoms with Gasteiger partial charge in [0.25, 0.3) is 5.91 Å². The standard InChI is InChI=1S/C22H32N2O3S/c1-5-27-20(26)18-15-7-6-8-16(15)28-19(18)23-17(25)11-24-13-22(4)10-14(24)9-21(2,3)12-22/h14H,5-13H2,1-4H3,(H,23,25)/p+1/t14-,22-/m0/s1. The van der Waals surface area contributed by atoms with Crippen LogP contribution in [0.1, 0.15) is 74.2 Å². The Morgan fingerprint density at radius 1 is 1.25 bits per heavy atom. The second-order valence-corrected chi connectivity index (χ2v) is 11.2. The quantitative estimate of drug-likeness (QED) is 0.741. The molecule has 1 amide bonds. The first-order valence-corrected chi connectivity index (χ1v) is 11.5. The van der Waals surface area contributed by atoms with Crippen LogP contribution in [-0.2, 0) is 22.4 Å². The van der Waals surface area contributed by atoms with Crippen LogP contribution < -0.4 is 10.2 Å². The number of hydrogen-bond donors (Lipinski definition) is 2. The van der Waals surface area contributed by atoms with E-state index in [2.05, 4.69) is 26.1 Å². The van der Waals surface area contributed by atoms with Gasteiger partial charge in [-0.25, -0.2) is 4.79 Å². The van der Waals surface area contributed by atoms with Crippen molar-refractivity contribution in [3.8, 4) is 0 Å². The van der Waals surface area contributed by atoms with Crippen LogP contribution in [0.4, 0.5) is 5.00 Å². The number of likely N-dealkylation sites (tertiary alicyclic amines) is 1. The van der Waals surface area contributed by atoms with Crippen LogP contribution in [0, 0.1) is 10.8 Å². The van der Waals surface area contributed by atoms with Gasteiger partial charge in [-0.1, -0.05) is 20.8 Å². The number of nitrogens with one attached hydrogen (secondary N) is 2. The van der Waals surface area contributed by atoms with Crippen LogP contribution in [0.15, 0.2) is 0 Å². The Balaban J connectivity index is 1.47. The number of anilines is 1. The molecule has 2 N–H and O–H groups in total. The Labute approximate surface area is 171 Å². The number of aryl methyl sites for hydroxylation is 1. The van der Waals surface area contributed by atoms with E-state index in [4.69, 9.17) is 4.74 Å². The van der Waals surface area contributed by atoms with Crippen molar-refractivity contribution in [1.29, 1.82) is 0 Å². The Hall–Kier alpha value is -1.40. The second-order valence-electron chi connectivity index (χ2n) is 10.1. The highest BCUT2D eigenvalue weighted by atomic mass is 32.1. The van der Waals surface area contributed by atoms with Crippen molar-refractivity contribution in [3.63, 3.8) is 0 Å². The van der Waals surface area contributed by atoms with Gasteiger partial charge in [-0.15, -0.1) is 11.3 Å². The van der Waals surface area contributed by atoms with Crippen LogP contribution in [0.25, 0.3) is 0 Å². The smallest absolute Gasteiger partial charge is 0.341 e. The summed E-state index contributed by atoms with van der Waals surface area (Å²) in [6, 6.07) is 0.567. The normalized spacial score (nSPS) is 30.1. The zero-order valence-corrected chi connectivity index (χ0v) is 18.4. The second kappa shape index (κ2) is 7.13. The number of carbonyl (C=O) groups excluding carboxylic acids is 2. The van der Waals surface area contributed by atoms with Gasteiger partial charge in [0.15, 0.2) is 6.54 Å². The number of amides is 1. The van der Waals surface area contributed by atoms with Gasteiger partial charge < -0.3 is 15.0 Å². The summed E-state index contributed by atoms with van der Waals surface area (Å²) in [4.78, 5) is 28.1. The van der Waals surface area contributed by atoms with E-state index in [9.17, 15) is 9.59 Å². The molecule has 1 saturated heterocycles. The van der Waals surface area contributed by atoms with Crippen molar-refractivity contribution < 1.29 is 19.2 Å². The van der Waals surface area contributed by atoms with Gasteiger partial charge in [-0.2, -0.15) is 0 Å². The first-order valence-electron chi connectivity index (χ1n) is 10.7. The van der Waals surface area contributed by atoms with E-state index in [1.165, 1.54) is 29.0 Å². The van der Waals surface area contributed by atoms with Crippen molar-refractivity contribution in [3.05, 3.63) is 16.0 Å². The zero-order chi connectivity index (χ0) is 20.1. The Morgan fingerprint density at radius 2 is 2.04 bits per heavy atom. The number of fused-ring (bicyclic) bond motifs is 3. The number of quaternary nitrogens is 1. The zero-order valence-electron chi connectivity index (χ0n) is 17.6. The molecule has 4 rings (SSSR count). The molecule has 154 valence electrons. The third kappa shape index (κ3) is 3.73. The Bertz CT molecular complexity index is 800. The van der Waals surface area contributed by atoms with E-state index in [1.54, 1.807) is 11.3 Å². The summed E-state index contributed by atoms with van der Waals surface area (Å²) >= 11 is 1.57. The fourth-order valence-corrected chi connectivity index (χ4v) is 7.54. The van der Waals surface area contributed by atoms with Gasteiger partial charge in [0.1, 0.15) is 5.00 Å². The van der Waals surface area contributed by atoms with Gasteiger partial charge >= 0.3 is 5.97 Å². The van der Waals surface area contributed by atoms with E-state index in [0.717, 1.165) is 31.4 Å². The maximum atomic E-state index is 12.9. The first-order chi connectivity index (χ1) is 13.2. The molecule has 0 radical (unpaired) electrons. The Morgan fingerprint density at radius 3 is 2.79 bits per heavy atom. The highest BCUT2D eigenvalue weighted by Crippen LogP contribution is 2.47. The molecule has 0 aromatic carbocycles. The molecule has 0 spiro atoms. The van der Waals surface area contributed by atoms with Crippen LogP contribution in [0.3, 0.4) is 0 Å². The minimum Gasteiger partial charge on any atom is -0.462 e. The number of esters is 1. The summed E-state index contributed by atoms with van der Waals surface area (Å²) in [5.41, 5.74) is 2.41. The third-order valence-corrected chi connectivity index (χ3v) is 7.92. The number of carbonyl (C=O) groups is 2. The van der Waals surface area contributed by atoms with Crippen LogP contribution >= 0.6 is 11.3 Å². The average Bonchev–Trinajstić information content (AvgIpc) is 3.18. The van der Waals surface area contributed by atoms with Crippen molar-refractivity contribution >= 4 is 28.2 Å². The summed E-state index contributed by atoms with van der Waals surface area (Å²) in [5.74, 6) is -0.273. The first kappa shape index (κ1) is 19.9. The molecule has 1 aromatic heterocycles. The summed E-state index contributed by atoms with van der Waals surface area (Å²) in [6.45, 7) is 10.8. The molecule has 2 aliphatic carbocycles. The number of rotatable bonds is 5. The fraction of sp³-hybridized carbons (Fsp3) is 0.727. The molecule has 1 aliphatic heterocycles. The van der Waals surface area contributed by atoms with Crippen molar-refractivity contribution in [2.45, 2.75) is 72.3 Å². The van der Waals surface area contributed by atoms with Crippen molar-refractivity contribution in [1.82, 2.24) is 0 Å². The maximum Gasteiger partial charge on any atom is 0.341 e. The third-order valence-electron chi connectivity index (χ3n) is 6.72. The SMILES string of the molecule is CCOC(=O)c1c(NC(=O)C[NH+]2C[C@@]3(C)C[C@@H]2CC(C)(C)C3)sc2c1CCC2. The maximum absolute atomic E-state index is 12.9. The van der Waals surface area contributed by atoms with Gasteiger partial charge in [0.2, 0.25) is 0 Å². The minimum atomic E-state index is -0.296. The lowest BCUT2D eigenvalue weighted by Crippen LogP contribution is -3.15. The topological polar surface area (TPSA) is 59.8 Å². The summed E-state index contributed by atoms with van der Waals surface area (Å²) in [6.07, 6.45) is 6.63. The highest BCUT2D eigenvalue weighted by Gasteiger charge is 2.53. The van der Waals surface area contributed by atoms with Crippen LogP contribution in [0.2, 0.25) is 0 Å². The van der Waals surface area contributed by atoms with Crippen LogP contribution in [-0.4, -0.2) is 37.6 Å². The van der Waals surface area contributed by atoms with Crippen LogP contribution in [0.5, 0.6) is 0 Å². The molecule has 1 unspecified atom stereocenters. The van der Waals surface area contributed by atoms with Gasteiger partial charge in [-0.3, -0.25) is 4.79 Å². The lowest BCUT2D eigenvalue weighted by Gasteiger charge is -2.37. The molecule has 2 bridgehead atoms. The predicted octanol–water partition coefficient (Wildman–Crippen LogP) is 2.84. The van der Waals surface area contributed by atoms with Crippen molar-refractivity contribution in [2.75, 3.05) is 25.0 Å². The monoisotopic (exact) mass is 405 g/mol. The number of thiophene rings is 1. The molecule has 6 heteroatoms. The predicted molar refractivity (Wildman–Crippen MR) is 111 cm³/mol. The van der Waals surface area contributed by atoms with Crippen molar-refractivity contribution in [2.24, 2.45) is 10.8 Å². The molecule has 3 aliphatic rings. The molecule has 28 heavy (non-hydrogen) atoms. The molecule has 5 nitrogen and oxygen atoms in total. The minimum absolute atomic E-state index is 0.0226. The van der Waals surface area contributed by atoms with E-state index in [-0.39, 0.29) is 11.9 Å². The molecular formula is C22H33N2O3S+. The van der Waals surface area contributed by atoms with E-state index < -0.39 is 0 Å². The highest BCUT2D eigenvalue weighted by molar-refractivity contribution is 7.17. The lowest BCUT2D eigenvalue weighted by molar-refractivity contribution is -0.906. The van der Waals surface area contributed by atoms with E-state index >= 15 is 0 Å². The molecule has 1 saturated carbocycles. The molecule has 3 atom stereocenters. The molecule has 2 fully saturated rings. The van der Waals surface area contributed by atoms with Gasteiger partial charge in [-0.05, 0) is 43.6 Å². The number of ether oxygens (including phenoxy) is 1. The Kier molecular flexibility index (Phi) is 5.07. The summed E-state index contributed by atoms with van der Waals surface area (Å²) in [5, 5.41) is 3.77. The molecular weight excluding hydrogens is 372 g/mol. The molecule has 1 aromatic rings. The van der Waals surface area contributed by atoms with E-state index in [1.807, 2.05) is 6.92 Å². The van der Waals surface area contributed by atoms with Gasteiger partial charge in [0.05, 0.1) is 24.8 Å². The lowest BCUT2D eigenvalue weighted by atomic mass is 9.65. The largest absolute Gasteiger partial charge is 0.462 e. The summed E-state index contributed by atoms with van der Waals surface area (Å²) in [7, 11) is 0. The van der Waals surface area contributed by atoms with Gasteiger partial charge in [0, 0.05) is 23.1 Å². The van der Waals surface area contributed by atoms with E-state index in [0.29, 0.717) is 40.6 Å². The molecule has 2 heterocycles. The average molecular weight is 406 g/mol.